The van der Waals surface area contributed by atoms with E-state index in [0.717, 1.165) is 34.4 Å². The van der Waals surface area contributed by atoms with Crippen LogP contribution in [0.2, 0.25) is 5.02 Å². The van der Waals surface area contributed by atoms with Crippen molar-refractivity contribution in [3.05, 3.63) is 79.6 Å². The SMILES string of the molecule is CC(C)Cc1c(-c2cnc([C@@H]3CCc4nc(-c5cc(Cl)ccc5-n5cnnn5)cc(=O)n43)[nH]2)csc1C=O. The first kappa shape index (κ1) is 24.4. The summed E-state index contributed by atoms with van der Waals surface area (Å²) >= 11 is 7.73. The molecular formula is C26H23ClN8O2S. The van der Waals surface area contributed by atoms with Crippen LogP contribution < -0.4 is 5.56 Å². The Labute approximate surface area is 226 Å². The van der Waals surface area contributed by atoms with Crippen LogP contribution >= 0.6 is 22.9 Å². The van der Waals surface area contributed by atoms with Crippen LogP contribution in [0.15, 0.2) is 47.0 Å². The summed E-state index contributed by atoms with van der Waals surface area (Å²) in [4.78, 5) is 38.7. The number of carbonyl (C=O) groups excluding carboxylic acids is 1. The van der Waals surface area contributed by atoms with Gasteiger partial charge in [0.25, 0.3) is 5.56 Å². The van der Waals surface area contributed by atoms with E-state index in [1.165, 1.54) is 28.4 Å². The number of fused-ring (bicyclic) bond motifs is 1. The molecule has 1 aromatic carbocycles. The Morgan fingerprint density at radius 1 is 1.26 bits per heavy atom. The Morgan fingerprint density at radius 3 is 2.89 bits per heavy atom. The lowest BCUT2D eigenvalue weighted by molar-refractivity contribution is 0.112. The van der Waals surface area contributed by atoms with Gasteiger partial charge in [-0.1, -0.05) is 25.4 Å². The van der Waals surface area contributed by atoms with Crippen molar-refractivity contribution in [1.82, 2.24) is 39.7 Å². The summed E-state index contributed by atoms with van der Waals surface area (Å²) in [5.74, 6) is 1.78. The van der Waals surface area contributed by atoms with Gasteiger partial charge in [-0.05, 0) is 52.9 Å². The van der Waals surface area contributed by atoms with Gasteiger partial charge >= 0.3 is 0 Å². The quantitative estimate of drug-likeness (QED) is 0.297. The van der Waals surface area contributed by atoms with E-state index in [1.807, 2.05) is 5.38 Å². The Bertz CT molecular complexity index is 1700. The summed E-state index contributed by atoms with van der Waals surface area (Å²) in [5.41, 5.74) is 4.53. The van der Waals surface area contributed by atoms with E-state index in [0.29, 0.717) is 52.4 Å². The zero-order valence-corrected chi connectivity index (χ0v) is 22.2. The minimum atomic E-state index is -0.260. The summed E-state index contributed by atoms with van der Waals surface area (Å²) in [6, 6.07) is 6.54. The summed E-state index contributed by atoms with van der Waals surface area (Å²) in [7, 11) is 0. The Morgan fingerprint density at radius 2 is 2.13 bits per heavy atom. The monoisotopic (exact) mass is 546 g/mol. The molecule has 0 saturated heterocycles. The van der Waals surface area contributed by atoms with Crippen LogP contribution in [0.5, 0.6) is 0 Å². The summed E-state index contributed by atoms with van der Waals surface area (Å²) < 4.78 is 3.21. The number of thiophene rings is 1. The lowest BCUT2D eigenvalue weighted by Gasteiger charge is -2.14. The molecule has 6 rings (SSSR count). The highest BCUT2D eigenvalue weighted by Crippen LogP contribution is 2.35. The number of benzene rings is 1. The molecule has 0 amide bonds. The van der Waals surface area contributed by atoms with Gasteiger partial charge in [0, 0.05) is 34.0 Å². The smallest absolute Gasteiger partial charge is 0.254 e. The normalized spacial score (nSPS) is 14.8. The zero-order chi connectivity index (χ0) is 26.4. The van der Waals surface area contributed by atoms with Crippen LogP contribution in [0.1, 0.15) is 53.2 Å². The number of aromatic nitrogens is 8. The number of nitrogens with zero attached hydrogens (tertiary/aromatic N) is 7. The zero-order valence-electron chi connectivity index (χ0n) is 20.6. The summed E-state index contributed by atoms with van der Waals surface area (Å²) in [6.45, 7) is 4.26. The van der Waals surface area contributed by atoms with Crippen LogP contribution in [-0.4, -0.2) is 46.0 Å². The van der Waals surface area contributed by atoms with E-state index in [9.17, 15) is 9.59 Å². The van der Waals surface area contributed by atoms with Crippen LogP contribution in [-0.2, 0) is 12.8 Å². The number of carbonyl (C=O) groups is 1. The minimum Gasteiger partial charge on any atom is -0.340 e. The van der Waals surface area contributed by atoms with Crippen molar-refractivity contribution in [2.75, 3.05) is 0 Å². The molecule has 0 radical (unpaired) electrons. The minimum absolute atomic E-state index is 0.174. The van der Waals surface area contributed by atoms with Crippen molar-refractivity contribution in [3.8, 4) is 28.2 Å². The second-order valence-electron chi connectivity index (χ2n) is 9.63. The van der Waals surface area contributed by atoms with Crippen LogP contribution in [0.3, 0.4) is 0 Å². The molecular weight excluding hydrogens is 524 g/mol. The number of nitrogens with one attached hydrogen (secondary N) is 1. The lowest BCUT2D eigenvalue weighted by Crippen LogP contribution is -2.25. The number of rotatable bonds is 7. The maximum atomic E-state index is 13.4. The van der Waals surface area contributed by atoms with E-state index in [1.54, 1.807) is 29.0 Å². The van der Waals surface area contributed by atoms with Crippen molar-refractivity contribution in [2.24, 2.45) is 5.92 Å². The first-order valence-corrected chi connectivity index (χ1v) is 13.4. The van der Waals surface area contributed by atoms with Crippen LogP contribution in [0, 0.1) is 5.92 Å². The molecule has 0 spiro atoms. The number of aryl methyl sites for hydroxylation is 1. The molecule has 192 valence electrons. The molecule has 0 aliphatic carbocycles. The average molecular weight is 547 g/mol. The van der Waals surface area contributed by atoms with Crippen molar-refractivity contribution in [1.29, 1.82) is 0 Å². The van der Waals surface area contributed by atoms with Crippen molar-refractivity contribution in [2.45, 2.75) is 39.2 Å². The molecule has 5 aromatic rings. The highest BCUT2D eigenvalue weighted by Gasteiger charge is 2.29. The topological polar surface area (TPSA) is 124 Å². The molecule has 5 heterocycles. The molecule has 4 aromatic heterocycles. The second-order valence-corrected chi connectivity index (χ2v) is 11.0. The Balaban J connectivity index is 1.37. The molecule has 12 heteroatoms. The fourth-order valence-electron chi connectivity index (χ4n) is 5.01. The molecule has 10 nitrogen and oxygen atoms in total. The molecule has 1 aliphatic rings. The standard InChI is InChI=1S/C26H23ClN8O2S/c1-14(2)7-16-18(12-38-23(16)11-36)20-10-28-26(31-20)22-5-6-24-30-19(9-25(37)35(22)24)17-8-15(27)3-4-21(17)34-13-29-32-33-34/h3-4,8-14,22H,5-7H2,1-2H3,(H,28,31)/t22-/m0/s1. The van der Waals surface area contributed by atoms with E-state index in [4.69, 9.17) is 16.6 Å². The van der Waals surface area contributed by atoms with Gasteiger partial charge in [0.15, 0.2) is 6.29 Å². The highest BCUT2D eigenvalue weighted by atomic mass is 35.5. The largest absolute Gasteiger partial charge is 0.340 e. The van der Waals surface area contributed by atoms with E-state index < -0.39 is 0 Å². The Hall–Kier alpha value is -3.96. The van der Waals surface area contributed by atoms with E-state index in [2.05, 4.69) is 39.3 Å². The number of hydrogen-bond acceptors (Lipinski definition) is 8. The third kappa shape index (κ3) is 4.27. The number of H-pyrrole nitrogens is 1. The molecule has 1 N–H and O–H groups in total. The van der Waals surface area contributed by atoms with Crippen molar-refractivity contribution in [3.63, 3.8) is 0 Å². The third-order valence-electron chi connectivity index (χ3n) is 6.66. The van der Waals surface area contributed by atoms with Gasteiger partial charge in [0.05, 0.1) is 34.2 Å². The Kier molecular flexibility index (Phi) is 6.24. The maximum Gasteiger partial charge on any atom is 0.254 e. The van der Waals surface area contributed by atoms with Gasteiger partial charge in [-0.2, -0.15) is 4.68 Å². The fourth-order valence-corrected chi connectivity index (χ4v) is 6.09. The molecule has 0 fully saturated rings. The van der Waals surface area contributed by atoms with Gasteiger partial charge in [-0.25, -0.2) is 9.97 Å². The second kappa shape index (κ2) is 9.73. The van der Waals surface area contributed by atoms with Crippen LogP contribution in [0.25, 0.3) is 28.2 Å². The number of imidazole rings is 1. The highest BCUT2D eigenvalue weighted by molar-refractivity contribution is 7.12. The van der Waals surface area contributed by atoms with Gasteiger partial charge < -0.3 is 4.98 Å². The third-order valence-corrected chi connectivity index (χ3v) is 7.84. The van der Waals surface area contributed by atoms with Crippen LogP contribution in [0.4, 0.5) is 0 Å². The lowest BCUT2D eigenvalue weighted by atomic mass is 9.98. The molecule has 1 aliphatic heterocycles. The molecule has 0 saturated carbocycles. The number of aromatic amines is 1. The van der Waals surface area contributed by atoms with E-state index >= 15 is 0 Å². The molecule has 38 heavy (non-hydrogen) atoms. The van der Waals surface area contributed by atoms with Gasteiger partial charge in [-0.15, -0.1) is 16.4 Å². The van der Waals surface area contributed by atoms with Gasteiger partial charge in [-0.3, -0.25) is 14.2 Å². The first-order valence-electron chi connectivity index (χ1n) is 12.2. The predicted octanol–water partition coefficient (Wildman–Crippen LogP) is 4.54. The predicted molar refractivity (Wildman–Crippen MR) is 144 cm³/mol. The molecule has 1 atom stereocenters. The number of halogens is 1. The van der Waals surface area contributed by atoms with Gasteiger partial charge in [0.1, 0.15) is 18.0 Å². The number of aldehydes is 1. The maximum absolute atomic E-state index is 13.4. The van der Waals surface area contributed by atoms with E-state index in [-0.39, 0.29) is 11.6 Å². The summed E-state index contributed by atoms with van der Waals surface area (Å²) in [6.07, 6.45) is 6.30. The molecule has 0 bridgehead atoms. The fraction of sp³-hybridized carbons (Fsp3) is 0.269. The number of hydrogen-bond donors (Lipinski definition) is 1. The molecule has 0 unspecified atom stereocenters. The average Bonchev–Trinajstić information content (AvgIpc) is 3.69. The number of tetrazole rings is 1. The van der Waals surface area contributed by atoms with Crippen molar-refractivity contribution < 1.29 is 4.79 Å². The first-order chi connectivity index (χ1) is 18.4. The van der Waals surface area contributed by atoms with Gasteiger partial charge in [0.2, 0.25) is 0 Å². The summed E-state index contributed by atoms with van der Waals surface area (Å²) in [5, 5.41) is 13.9. The van der Waals surface area contributed by atoms with Crippen molar-refractivity contribution >= 4 is 29.2 Å².